The number of carbonyl (C=O) groups excluding carboxylic acids is 1. The molecule has 2 aromatic carbocycles. The first-order valence-corrected chi connectivity index (χ1v) is 11.4. The van der Waals surface area contributed by atoms with E-state index in [1.165, 1.54) is 30.8 Å². The minimum atomic E-state index is -3.86. The predicted molar refractivity (Wildman–Crippen MR) is 113 cm³/mol. The maximum Gasteiger partial charge on any atom is 0.243 e. The van der Waals surface area contributed by atoms with Crippen LogP contribution in [0.4, 0.5) is 0 Å². The summed E-state index contributed by atoms with van der Waals surface area (Å²) >= 11 is 6.11. The molecule has 0 saturated carbocycles. The lowest BCUT2D eigenvalue weighted by Gasteiger charge is -2.27. The summed E-state index contributed by atoms with van der Waals surface area (Å²) in [5.74, 6) is 0.0827. The predicted octanol–water partition coefficient (Wildman–Crippen LogP) is 3.55. The van der Waals surface area contributed by atoms with Crippen molar-refractivity contribution in [3.63, 3.8) is 0 Å². The van der Waals surface area contributed by atoms with Crippen molar-refractivity contribution in [3.05, 3.63) is 58.6 Å². The maximum atomic E-state index is 12.8. The summed E-state index contributed by atoms with van der Waals surface area (Å²) in [4.78, 5) is 12.6. The van der Waals surface area contributed by atoms with E-state index >= 15 is 0 Å². The summed E-state index contributed by atoms with van der Waals surface area (Å²) in [5.41, 5.74) is 2.34. The van der Waals surface area contributed by atoms with Crippen LogP contribution in [-0.4, -0.2) is 38.8 Å². The molecule has 1 amide bonds. The number of sulfonamides is 1. The quantitative estimate of drug-likeness (QED) is 0.720. The Morgan fingerprint density at radius 2 is 2.03 bits per heavy atom. The maximum absolute atomic E-state index is 12.8. The minimum absolute atomic E-state index is 0.0178. The van der Waals surface area contributed by atoms with Crippen molar-refractivity contribution in [2.75, 3.05) is 20.2 Å². The van der Waals surface area contributed by atoms with E-state index in [1.807, 2.05) is 25.1 Å². The number of aryl methyl sites for hydroxylation is 1. The van der Waals surface area contributed by atoms with E-state index in [2.05, 4.69) is 11.4 Å². The van der Waals surface area contributed by atoms with Gasteiger partial charge < -0.3 is 10.1 Å². The number of fused-ring (bicyclic) bond motifs is 1. The zero-order chi connectivity index (χ0) is 21.0. The summed E-state index contributed by atoms with van der Waals surface area (Å²) in [6.45, 7) is 1.97. The van der Waals surface area contributed by atoms with Gasteiger partial charge in [-0.25, -0.2) is 8.42 Å². The highest BCUT2D eigenvalue weighted by Crippen LogP contribution is 2.30. The lowest BCUT2D eigenvalue weighted by Crippen LogP contribution is -2.40. The molecule has 29 heavy (non-hydrogen) atoms. The molecule has 0 saturated heterocycles. The third kappa shape index (κ3) is 4.91. The zero-order valence-corrected chi connectivity index (χ0v) is 18.1. The fraction of sp³-hybridized carbons (Fsp3) is 0.381. The number of halogens is 1. The second kappa shape index (κ2) is 9.15. The van der Waals surface area contributed by atoms with Crippen molar-refractivity contribution in [2.24, 2.45) is 0 Å². The number of nitrogens with zero attached hydrogens (tertiary/aromatic N) is 1. The molecule has 1 N–H and O–H groups in total. The Hall–Kier alpha value is -2.09. The molecule has 0 heterocycles. The van der Waals surface area contributed by atoms with E-state index in [1.54, 1.807) is 0 Å². The molecule has 6 nitrogen and oxygen atoms in total. The SMILES string of the molecule is CCOc1ccc(S(=O)(=O)N(C)CC(=O)N[C@H]2CCCc3ccccc32)cc1Cl. The normalized spacial score (nSPS) is 16.3. The van der Waals surface area contributed by atoms with Crippen molar-refractivity contribution in [2.45, 2.75) is 37.1 Å². The molecule has 0 radical (unpaired) electrons. The van der Waals surface area contributed by atoms with Crippen LogP contribution in [0.1, 0.15) is 36.9 Å². The van der Waals surface area contributed by atoms with Crippen molar-refractivity contribution in [1.29, 1.82) is 0 Å². The average molecular weight is 437 g/mol. The van der Waals surface area contributed by atoms with E-state index in [-0.39, 0.29) is 28.4 Å². The molecule has 0 spiro atoms. The summed E-state index contributed by atoms with van der Waals surface area (Å²) in [7, 11) is -2.47. The number of rotatable bonds is 7. The standard InChI is InChI=1S/C21H25ClN2O4S/c1-3-28-20-12-11-16(13-18(20)22)29(26,27)24(2)14-21(25)23-19-10-6-8-15-7-4-5-9-17(15)19/h4-5,7,9,11-13,19H,3,6,8,10,14H2,1-2H3,(H,23,25)/t19-/m0/s1. The van der Waals surface area contributed by atoms with Gasteiger partial charge in [0.05, 0.1) is 29.1 Å². The first-order valence-electron chi connectivity index (χ1n) is 9.58. The van der Waals surface area contributed by atoms with Gasteiger partial charge in [0.25, 0.3) is 0 Å². The molecule has 2 aromatic rings. The number of likely N-dealkylation sites (N-methyl/N-ethyl adjacent to an activating group) is 1. The van der Waals surface area contributed by atoms with Gasteiger partial charge in [-0.3, -0.25) is 4.79 Å². The average Bonchev–Trinajstić information content (AvgIpc) is 2.69. The smallest absolute Gasteiger partial charge is 0.243 e. The van der Waals surface area contributed by atoms with Gasteiger partial charge in [-0.2, -0.15) is 4.31 Å². The van der Waals surface area contributed by atoms with E-state index < -0.39 is 10.0 Å². The number of hydrogen-bond donors (Lipinski definition) is 1. The molecule has 1 atom stereocenters. The molecular formula is C21H25ClN2O4S. The molecule has 0 bridgehead atoms. The van der Waals surface area contributed by atoms with Crippen LogP contribution in [0.3, 0.4) is 0 Å². The molecule has 1 aliphatic rings. The molecule has 0 aromatic heterocycles. The van der Waals surface area contributed by atoms with E-state index in [0.29, 0.717) is 12.4 Å². The second-order valence-corrected chi connectivity index (χ2v) is 9.45. The van der Waals surface area contributed by atoms with Crippen molar-refractivity contribution in [3.8, 4) is 5.75 Å². The fourth-order valence-corrected chi connectivity index (χ4v) is 4.98. The van der Waals surface area contributed by atoms with Gasteiger partial charge in [0.15, 0.2) is 0 Å². The van der Waals surface area contributed by atoms with Gasteiger partial charge in [-0.05, 0) is 55.5 Å². The molecule has 3 rings (SSSR count). The van der Waals surface area contributed by atoms with Gasteiger partial charge in [0.1, 0.15) is 5.75 Å². The number of benzene rings is 2. The number of amides is 1. The topological polar surface area (TPSA) is 75.7 Å². The Morgan fingerprint density at radius 3 is 2.76 bits per heavy atom. The monoisotopic (exact) mass is 436 g/mol. The van der Waals surface area contributed by atoms with Crippen LogP contribution in [0.25, 0.3) is 0 Å². The summed E-state index contributed by atoms with van der Waals surface area (Å²) < 4.78 is 32.0. The number of carbonyl (C=O) groups is 1. The largest absolute Gasteiger partial charge is 0.492 e. The van der Waals surface area contributed by atoms with Crippen LogP contribution >= 0.6 is 11.6 Å². The van der Waals surface area contributed by atoms with E-state index in [9.17, 15) is 13.2 Å². The van der Waals surface area contributed by atoms with Crippen molar-refractivity contribution in [1.82, 2.24) is 9.62 Å². The lowest BCUT2D eigenvalue weighted by molar-refractivity contribution is -0.122. The Morgan fingerprint density at radius 1 is 1.28 bits per heavy atom. The molecule has 0 unspecified atom stereocenters. The fourth-order valence-electron chi connectivity index (χ4n) is 3.53. The van der Waals surface area contributed by atoms with Crippen LogP contribution in [0.5, 0.6) is 5.75 Å². The second-order valence-electron chi connectivity index (χ2n) is 7.00. The number of hydrogen-bond acceptors (Lipinski definition) is 4. The van der Waals surface area contributed by atoms with Crippen LogP contribution in [0.15, 0.2) is 47.4 Å². The summed E-state index contributed by atoms with van der Waals surface area (Å²) in [6, 6.07) is 12.2. The molecular weight excluding hydrogens is 412 g/mol. The number of ether oxygens (including phenoxy) is 1. The molecule has 8 heteroatoms. The Kier molecular flexibility index (Phi) is 6.82. The highest BCUT2D eigenvalue weighted by Gasteiger charge is 2.26. The zero-order valence-electron chi connectivity index (χ0n) is 16.5. The van der Waals surface area contributed by atoms with Crippen LogP contribution in [0, 0.1) is 0 Å². The van der Waals surface area contributed by atoms with Crippen molar-refractivity contribution < 1.29 is 17.9 Å². The highest BCUT2D eigenvalue weighted by atomic mass is 35.5. The Labute approximate surface area is 176 Å². The first-order chi connectivity index (χ1) is 13.8. The molecule has 0 aliphatic heterocycles. The molecule has 156 valence electrons. The Bertz CT molecular complexity index is 994. The van der Waals surface area contributed by atoms with Gasteiger partial charge >= 0.3 is 0 Å². The van der Waals surface area contributed by atoms with Gasteiger partial charge in [0.2, 0.25) is 15.9 Å². The summed E-state index contributed by atoms with van der Waals surface area (Å²) in [6.07, 6.45) is 2.82. The van der Waals surface area contributed by atoms with Crippen molar-refractivity contribution >= 4 is 27.5 Å². The highest BCUT2D eigenvalue weighted by molar-refractivity contribution is 7.89. The molecule has 0 fully saturated rings. The first kappa shape index (κ1) is 21.6. The Balaban J connectivity index is 1.68. The van der Waals surface area contributed by atoms with Gasteiger partial charge in [0, 0.05) is 7.05 Å². The summed E-state index contributed by atoms with van der Waals surface area (Å²) in [5, 5.41) is 3.19. The number of nitrogens with one attached hydrogen (secondary N) is 1. The van der Waals surface area contributed by atoms with Crippen LogP contribution < -0.4 is 10.1 Å². The van der Waals surface area contributed by atoms with Crippen LogP contribution in [-0.2, 0) is 21.2 Å². The third-order valence-electron chi connectivity index (χ3n) is 4.98. The lowest BCUT2D eigenvalue weighted by atomic mass is 9.88. The third-order valence-corrected chi connectivity index (χ3v) is 7.08. The van der Waals surface area contributed by atoms with Gasteiger partial charge in [-0.1, -0.05) is 35.9 Å². The van der Waals surface area contributed by atoms with Crippen LogP contribution in [0.2, 0.25) is 5.02 Å². The minimum Gasteiger partial charge on any atom is -0.492 e. The van der Waals surface area contributed by atoms with Gasteiger partial charge in [-0.15, -0.1) is 0 Å². The van der Waals surface area contributed by atoms with E-state index in [4.69, 9.17) is 16.3 Å². The van der Waals surface area contributed by atoms with E-state index in [0.717, 1.165) is 29.1 Å². The molecule has 1 aliphatic carbocycles.